The molecule has 0 unspecified atom stereocenters. The second-order valence-electron chi connectivity index (χ2n) is 6.38. The first-order chi connectivity index (χ1) is 10.3. The Morgan fingerprint density at radius 1 is 1.09 bits per heavy atom. The largest absolute Gasteiger partial charge is 0.416 e. The maximum absolute atomic E-state index is 13.1. The molecular weight excluding hydrogens is 291 g/mol. The first kappa shape index (κ1) is 17.1. The summed E-state index contributed by atoms with van der Waals surface area (Å²) in [5.41, 5.74) is 5.34. The van der Waals surface area contributed by atoms with Crippen LogP contribution >= 0.6 is 0 Å². The molecule has 1 saturated heterocycles. The quantitative estimate of drug-likeness (QED) is 0.867. The van der Waals surface area contributed by atoms with E-state index in [2.05, 4.69) is 23.6 Å². The van der Waals surface area contributed by atoms with Crippen LogP contribution in [0.4, 0.5) is 18.9 Å². The summed E-state index contributed by atoms with van der Waals surface area (Å²) >= 11 is 0. The van der Waals surface area contributed by atoms with Crippen LogP contribution in [0.15, 0.2) is 18.2 Å². The van der Waals surface area contributed by atoms with Gasteiger partial charge in [-0.25, -0.2) is 0 Å². The molecule has 0 radical (unpaired) electrons. The Kier molecular flexibility index (Phi) is 5.34. The van der Waals surface area contributed by atoms with E-state index in [-0.39, 0.29) is 5.69 Å². The van der Waals surface area contributed by atoms with Crippen LogP contribution in [-0.4, -0.2) is 42.5 Å². The third kappa shape index (κ3) is 4.61. The van der Waals surface area contributed by atoms with Gasteiger partial charge in [0.1, 0.15) is 0 Å². The van der Waals surface area contributed by atoms with Crippen LogP contribution in [0.2, 0.25) is 0 Å². The molecule has 1 aliphatic heterocycles. The van der Waals surface area contributed by atoms with E-state index in [4.69, 9.17) is 5.73 Å². The van der Waals surface area contributed by atoms with Crippen molar-refractivity contribution in [2.45, 2.75) is 26.6 Å². The van der Waals surface area contributed by atoms with Crippen molar-refractivity contribution < 1.29 is 13.2 Å². The second kappa shape index (κ2) is 6.87. The van der Waals surface area contributed by atoms with Crippen LogP contribution in [0, 0.1) is 5.92 Å². The van der Waals surface area contributed by atoms with Crippen LogP contribution in [0.5, 0.6) is 0 Å². The summed E-state index contributed by atoms with van der Waals surface area (Å²) in [7, 11) is 0. The number of alkyl halides is 3. The van der Waals surface area contributed by atoms with Gasteiger partial charge >= 0.3 is 6.18 Å². The molecule has 0 saturated carbocycles. The highest BCUT2D eigenvalue weighted by molar-refractivity contribution is 5.46. The highest BCUT2D eigenvalue weighted by Gasteiger charge is 2.34. The number of hydrogen-bond acceptors (Lipinski definition) is 3. The molecule has 1 aromatic carbocycles. The molecule has 0 spiro atoms. The lowest BCUT2D eigenvalue weighted by Crippen LogP contribution is -2.47. The highest BCUT2D eigenvalue weighted by atomic mass is 19.4. The zero-order valence-electron chi connectivity index (χ0n) is 13.2. The molecule has 6 heteroatoms. The number of nitrogens with zero attached hydrogens (tertiary/aromatic N) is 2. The predicted molar refractivity (Wildman–Crippen MR) is 82.4 cm³/mol. The lowest BCUT2D eigenvalue weighted by atomic mass is 10.0. The molecule has 22 heavy (non-hydrogen) atoms. The van der Waals surface area contributed by atoms with Crippen LogP contribution in [0.25, 0.3) is 0 Å². The average molecular weight is 315 g/mol. The normalized spacial score (nSPS) is 18.1. The third-order valence-electron chi connectivity index (χ3n) is 3.92. The molecule has 124 valence electrons. The van der Waals surface area contributed by atoms with Crippen molar-refractivity contribution in [2.24, 2.45) is 5.92 Å². The Labute approximate surface area is 129 Å². The Balaban J connectivity index is 2.01. The van der Waals surface area contributed by atoms with Gasteiger partial charge < -0.3 is 10.6 Å². The summed E-state index contributed by atoms with van der Waals surface area (Å²) in [5, 5.41) is 0. The van der Waals surface area contributed by atoms with Gasteiger partial charge in [-0.2, -0.15) is 13.2 Å². The third-order valence-corrected chi connectivity index (χ3v) is 3.92. The molecule has 3 nitrogen and oxygen atoms in total. The predicted octanol–water partition coefficient (Wildman–Crippen LogP) is 3.06. The molecule has 2 rings (SSSR count). The molecule has 0 atom stereocenters. The number of piperazine rings is 1. The van der Waals surface area contributed by atoms with Crippen LogP contribution in [-0.2, 0) is 12.7 Å². The molecule has 2 N–H and O–H groups in total. The topological polar surface area (TPSA) is 32.5 Å². The summed E-state index contributed by atoms with van der Waals surface area (Å²) in [5.74, 6) is 0.612. The lowest BCUT2D eigenvalue weighted by molar-refractivity contribution is -0.138. The lowest BCUT2D eigenvalue weighted by Gasteiger charge is -2.35. The summed E-state index contributed by atoms with van der Waals surface area (Å²) < 4.78 is 39.3. The zero-order chi connectivity index (χ0) is 16.3. The van der Waals surface area contributed by atoms with Gasteiger partial charge in [-0.15, -0.1) is 0 Å². The van der Waals surface area contributed by atoms with E-state index in [0.717, 1.165) is 38.8 Å². The minimum atomic E-state index is -4.36. The minimum Gasteiger partial charge on any atom is -0.399 e. The van der Waals surface area contributed by atoms with Gasteiger partial charge in [0.25, 0.3) is 0 Å². The number of nitrogens with two attached hydrogens (primary N) is 1. The number of rotatable bonds is 4. The SMILES string of the molecule is CC(C)CN1CCN(Cc2ccc(N)cc2C(F)(F)F)CC1. The van der Waals surface area contributed by atoms with Crippen molar-refractivity contribution in [3.05, 3.63) is 29.3 Å². The number of anilines is 1. The van der Waals surface area contributed by atoms with E-state index >= 15 is 0 Å². The van der Waals surface area contributed by atoms with E-state index in [1.54, 1.807) is 6.07 Å². The number of hydrogen-bond donors (Lipinski definition) is 1. The van der Waals surface area contributed by atoms with Crippen molar-refractivity contribution in [1.82, 2.24) is 9.80 Å². The molecule has 0 bridgehead atoms. The van der Waals surface area contributed by atoms with E-state index in [1.165, 1.54) is 6.07 Å². The molecular formula is C16H24F3N3. The van der Waals surface area contributed by atoms with Crippen molar-refractivity contribution in [3.63, 3.8) is 0 Å². The first-order valence-electron chi connectivity index (χ1n) is 7.66. The number of halogens is 3. The van der Waals surface area contributed by atoms with Gasteiger partial charge in [-0.1, -0.05) is 19.9 Å². The Morgan fingerprint density at radius 3 is 2.23 bits per heavy atom. The van der Waals surface area contributed by atoms with Gasteiger partial charge in [-0.3, -0.25) is 4.90 Å². The number of nitrogen functional groups attached to an aromatic ring is 1. The standard InChI is InChI=1S/C16H24F3N3/c1-12(2)10-21-5-7-22(8-6-21)11-13-3-4-14(20)9-15(13)16(17,18)19/h3-4,9,12H,5-8,10-11,20H2,1-2H3. The van der Waals surface area contributed by atoms with Crippen molar-refractivity contribution in [2.75, 3.05) is 38.5 Å². The molecule has 1 fully saturated rings. The van der Waals surface area contributed by atoms with Gasteiger partial charge in [0.15, 0.2) is 0 Å². The van der Waals surface area contributed by atoms with Gasteiger partial charge in [0, 0.05) is 45.0 Å². The van der Waals surface area contributed by atoms with Crippen molar-refractivity contribution in [1.29, 1.82) is 0 Å². The molecule has 1 heterocycles. The summed E-state index contributed by atoms with van der Waals surface area (Å²) in [4.78, 5) is 4.45. The summed E-state index contributed by atoms with van der Waals surface area (Å²) in [6, 6.07) is 4.07. The van der Waals surface area contributed by atoms with E-state index in [1.807, 2.05) is 0 Å². The van der Waals surface area contributed by atoms with E-state index in [9.17, 15) is 13.2 Å². The smallest absolute Gasteiger partial charge is 0.399 e. The molecule has 1 aliphatic rings. The van der Waals surface area contributed by atoms with Gasteiger partial charge in [0.05, 0.1) is 5.56 Å². The van der Waals surface area contributed by atoms with E-state index < -0.39 is 11.7 Å². The fraction of sp³-hybridized carbons (Fsp3) is 0.625. The number of benzene rings is 1. The monoisotopic (exact) mass is 315 g/mol. The van der Waals surface area contributed by atoms with Crippen molar-refractivity contribution >= 4 is 5.69 Å². The maximum atomic E-state index is 13.1. The fourth-order valence-corrected chi connectivity index (χ4v) is 2.88. The molecule has 1 aromatic rings. The molecule has 0 aromatic heterocycles. The summed E-state index contributed by atoms with van der Waals surface area (Å²) in [6.45, 7) is 9.15. The zero-order valence-corrected chi connectivity index (χ0v) is 13.2. The van der Waals surface area contributed by atoms with Gasteiger partial charge in [-0.05, 0) is 23.6 Å². The molecule has 0 amide bonds. The first-order valence-corrected chi connectivity index (χ1v) is 7.66. The average Bonchev–Trinajstić information content (AvgIpc) is 2.41. The van der Waals surface area contributed by atoms with Crippen LogP contribution in [0.1, 0.15) is 25.0 Å². The Hall–Kier alpha value is -1.27. The second-order valence-corrected chi connectivity index (χ2v) is 6.38. The fourth-order valence-electron chi connectivity index (χ4n) is 2.88. The minimum absolute atomic E-state index is 0.151. The van der Waals surface area contributed by atoms with Crippen LogP contribution in [0.3, 0.4) is 0 Å². The van der Waals surface area contributed by atoms with Crippen molar-refractivity contribution in [3.8, 4) is 0 Å². The van der Waals surface area contributed by atoms with E-state index in [0.29, 0.717) is 18.0 Å². The summed E-state index contributed by atoms with van der Waals surface area (Å²) in [6.07, 6.45) is -4.36. The highest BCUT2D eigenvalue weighted by Crippen LogP contribution is 2.34. The Morgan fingerprint density at radius 2 is 1.68 bits per heavy atom. The molecule has 0 aliphatic carbocycles. The maximum Gasteiger partial charge on any atom is 0.416 e. The van der Waals surface area contributed by atoms with Crippen LogP contribution < -0.4 is 5.73 Å². The Bertz CT molecular complexity index is 492. The van der Waals surface area contributed by atoms with Gasteiger partial charge in [0.2, 0.25) is 0 Å².